The van der Waals surface area contributed by atoms with Crippen molar-refractivity contribution >= 4 is 27.6 Å². The van der Waals surface area contributed by atoms with Gasteiger partial charge in [-0.05, 0) is 29.8 Å². The summed E-state index contributed by atoms with van der Waals surface area (Å²) < 4.78 is 44.1. The number of pyridine rings is 1. The molecule has 24 heavy (non-hydrogen) atoms. The summed E-state index contributed by atoms with van der Waals surface area (Å²) in [5, 5.41) is -0.136. The Kier molecular flexibility index (Phi) is 5.87. The van der Waals surface area contributed by atoms with Crippen LogP contribution in [0.5, 0.6) is 0 Å². The van der Waals surface area contributed by atoms with Gasteiger partial charge < -0.3 is 4.74 Å². The summed E-state index contributed by atoms with van der Waals surface area (Å²) >= 11 is 5.63. The number of aromatic nitrogens is 1. The van der Waals surface area contributed by atoms with E-state index in [-0.39, 0.29) is 22.9 Å². The number of hydrogen-bond donors (Lipinski definition) is 1. The van der Waals surface area contributed by atoms with Crippen molar-refractivity contribution in [1.82, 2.24) is 9.71 Å². The van der Waals surface area contributed by atoms with Gasteiger partial charge in [0, 0.05) is 6.20 Å². The molecule has 0 atom stereocenters. The van der Waals surface area contributed by atoms with Crippen molar-refractivity contribution in [3.8, 4) is 0 Å². The van der Waals surface area contributed by atoms with Crippen molar-refractivity contribution in [1.29, 1.82) is 0 Å². The summed E-state index contributed by atoms with van der Waals surface area (Å²) in [6.45, 7) is -0.0429. The van der Waals surface area contributed by atoms with E-state index in [4.69, 9.17) is 11.6 Å². The molecular formula is C15H14ClFN2O4S. The van der Waals surface area contributed by atoms with Crippen molar-refractivity contribution in [3.63, 3.8) is 0 Å². The lowest BCUT2D eigenvalue weighted by Gasteiger charge is -2.07. The first-order valence-electron chi connectivity index (χ1n) is 6.75. The lowest BCUT2D eigenvalue weighted by Crippen LogP contribution is -2.25. The Morgan fingerprint density at radius 1 is 1.33 bits per heavy atom. The lowest BCUT2D eigenvalue weighted by atomic mass is 10.2. The van der Waals surface area contributed by atoms with Gasteiger partial charge in [-0.25, -0.2) is 22.3 Å². The number of ether oxygens (including phenoxy) is 1. The van der Waals surface area contributed by atoms with E-state index in [0.29, 0.717) is 11.3 Å². The van der Waals surface area contributed by atoms with Crippen molar-refractivity contribution in [2.24, 2.45) is 0 Å². The molecule has 0 bridgehead atoms. The van der Waals surface area contributed by atoms with Gasteiger partial charge in [0.25, 0.3) is 0 Å². The van der Waals surface area contributed by atoms with Crippen molar-refractivity contribution in [2.45, 2.75) is 12.3 Å². The van der Waals surface area contributed by atoms with Crippen molar-refractivity contribution in [3.05, 3.63) is 64.2 Å². The molecule has 0 aliphatic heterocycles. The quantitative estimate of drug-likeness (QED) is 0.786. The number of methoxy groups -OCH3 is 1. The standard InChI is InChI=1S/C15H14ClFN2O4S/c1-23-15(20)11-3-4-12(18-7-11)8-19-24(21,22)9-10-2-5-14(17)13(16)6-10/h2-7,19H,8-9H2,1H3. The molecule has 1 aromatic heterocycles. The third-order valence-electron chi connectivity index (χ3n) is 3.06. The molecule has 0 spiro atoms. The first kappa shape index (κ1) is 18.3. The van der Waals surface area contributed by atoms with E-state index in [2.05, 4.69) is 14.4 Å². The second-order valence-electron chi connectivity index (χ2n) is 4.86. The molecule has 0 unspecified atom stereocenters. The number of carbonyl (C=O) groups excluding carboxylic acids is 1. The zero-order valence-electron chi connectivity index (χ0n) is 12.6. The number of nitrogens with one attached hydrogen (secondary N) is 1. The lowest BCUT2D eigenvalue weighted by molar-refractivity contribution is 0.0600. The number of esters is 1. The van der Waals surface area contributed by atoms with Crippen LogP contribution < -0.4 is 4.72 Å². The minimum absolute atomic E-state index is 0.0429. The Bertz CT molecular complexity index is 841. The molecule has 2 rings (SSSR count). The fraction of sp³-hybridized carbons (Fsp3) is 0.200. The van der Waals surface area contributed by atoms with Gasteiger partial charge in [0.2, 0.25) is 10.0 Å². The Hall–Kier alpha value is -2.03. The van der Waals surface area contributed by atoms with Crippen LogP contribution in [-0.2, 0) is 27.1 Å². The highest BCUT2D eigenvalue weighted by molar-refractivity contribution is 7.88. The molecule has 0 aliphatic rings. The van der Waals surface area contributed by atoms with E-state index < -0.39 is 21.8 Å². The number of sulfonamides is 1. The second-order valence-corrected chi connectivity index (χ2v) is 7.07. The number of carbonyl (C=O) groups is 1. The number of benzene rings is 1. The Morgan fingerprint density at radius 2 is 2.08 bits per heavy atom. The van der Waals surface area contributed by atoms with E-state index >= 15 is 0 Å². The van der Waals surface area contributed by atoms with Gasteiger partial charge in [0.05, 0.1) is 35.7 Å². The molecule has 1 heterocycles. The molecule has 1 aromatic carbocycles. The van der Waals surface area contributed by atoms with Crippen LogP contribution in [0.4, 0.5) is 4.39 Å². The Labute approximate surface area is 143 Å². The van der Waals surface area contributed by atoms with Crippen LogP contribution in [0.15, 0.2) is 36.5 Å². The van der Waals surface area contributed by atoms with Gasteiger partial charge in [0.1, 0.15) is 5.82 Å². The zero-order valence-corrected chi connectivity index (χ0v) is 14.2. The maximum absolute atomic E-state index is 13.1. The molecule has 0 aliphatic carbocycles. The predicted molar refractivity (Wildman–Crippen MR) is 86.5 cm³/mol. The van der Waals surface area contributed by atoms with E-state index in [9.17, 15) is 17.6 Å². The number of rotatable bonds is 6. The average Bonchev–Trinajstić information content (AvgIpc) is 2.56. The fourth-order valence-electron chi connectivity index (χ4n) is 1.85. The van der Waals surface area contributed by atoms with Crippen LogP contribution in [-0.4, -0.2) is 26.5 Å². The molecule has 9 heteroatoms. The number of halogens is 2. The van der Waals surface area contributed by atoms with Crippen LogP contribution in [0.2, 0.25) is 5.02 Å². The van der Waals surface area contributed by atoms with Gasteiger partial charge in [0.15, 0.2) is 0 Å². The van der Waals surface area contributed by atoms with E-state index in [1.807, 2.05) is 0 Å². The van der Waals surface area contributed by atoms with Gasteiger partial charge in [-0.15, -0.1) is 0 Å². The van der Waals surface area contributed by atoms with Gasteiger partial charge in [-0.1, -0.05) is 17.7 Å². The monoisotopic (exact) mass is 372 g/mol. The number of hydrogen-bond acceptors (Lipinski definition) is 5. The summed E-state index contributed by atoms with van der Waals surface area (Å²) in [6, 6.07) is 6.73. The first-order valence-corrected chi connectivity index (χ1v) is 8.78. The highest BCUT2D eigenvalue weighted by atomic mass is 35.5. The fourth-order valence-corrected chi connectivity index (χ4v) is 3.14. The minimum Gasteiger partial charge on any atom is -0.465 e. The minimum atomic E-state index is -3.66. The van der Waals surface area contributed by atoms with Crippen molar-refractivity contribution < 1.29 is 22.3 Å². The summed E-state index contributed by atoms with van der Waals surface area (Å²) in [6.07, 6.45) is 1.30. The highest BCUT2D eigenvalue weighted by Gasteiger charge is 2.13. The van der Waals surface area contributed by atoms with Gasteiger partial charge in [-0.2, -0.15) is 0 Å². The SMILES string of the molecule is COC(=O)c1ccc(CNS(=O)(=O)Cc2ccc(F)c(Cl)c2)nc1. The molecule has 128 valence electrons. The topological polar surface area (TPSA) is 85.4 Å². The normalized spacial score (nSPS) is 11.3. The molecule has 0 fully saturated rings. The van der Waals surface area contributed by atoms with Gasteiger partial charge >= 0.3 is 5.97 Å². The molecule has 0 saturated carbocycles. The van der Waals surface area contributed by atoms with Crippen LogP contribution in [0.1, 0.15) is 21.6 Å². The van der Waals surface area contributed by atoms with Crippen LogP contribution in [0.3, 0.4) is 0 Å². The first-order chi connectivity index (χ1) is 11.3. The third kappa shape index (κ3) is 4.98. The summed E-state index contributed by atoms with van der Waals surface area (Å²) in [7, 11) is -2.40. The number of nitrogens with zero attached hydrogens (tertiary/aromatic N) is 1. The van der Waals surface area contributed by atoms with Crippen LogP contribution in [0, 0.1) is 5.82 Å². The molecule has 0 amide bonds. The van der Waals surface area contributed by atoms with E-state index in [0.717, 1.165) is 6.07 Å². The summed E-state index contributed by atoms with van der Waals surface area (Å²) in [5.41, 5.74) is 1.07. The van der Waals surface area contributed by atoms with Crippen LogP contribution in [0.25, 0.3) is 0 Å². The molecule has 6 nitrogen and oxygen atoms in total. The molecule has 1 N–H and O–H groups in total. The molecule has 0 saturated heterocycles. The van der Waals surface area contributed by atoms with Crippen LogP contribution >= 0.6 is 11.6 Å². The summed E-state index contributed by atoms with van der Waals surface area (Å²) in [4.78, 5) is 15.3. The van der Waals surface area contributed by atoms with E-state index in [1.54, 1.807) is 0 Å². The zero-order chi connectivity index (χ0) is 17.7. The van der Waals surface area contributed by atoms with Crippen molar-refractivity contribution in [2.75, 3.05) is 7.11 Å². The average molecular weight is 373 g/mol. The molecular weight excluding hydrogens is 359 g/mol. The van der Waals surface area contributed by atoms with Gasteiger partial charge in [-0.3, -0.25) is 4.98 Å². The largest absolute Gasteiger partial charge is 0.465 e. The second kappa shape index (κ2) is 7.69. The van der Waals surface area contributed by atoms with E-state index in [1.165, 1.54) is 37.6 Å². The molecule has 2 aromatic rings. The third-order valence-corrected chi connectivity index (χ3v) is 4.65. The Morgan fingerprint density at radius 3 is 2.67 bits per heavy atom. The molecule has 0 radical (unpaired) electrons. The Balaban J connectivity index is 1.99. The summed E-state index contributed by atoms with van der Waals surface area (Å²) in [5.74, 6) is -1.48. The highest BCUT2D eigenvalue weighted by Crippen LogP contribution is 2.17. The predicted octanol–water partition coefficient (Wildman–Crippen LogP) is 2.28. The maximum Gasteiger partial charge on any atom is 0.339 e. The maximum atomic E-state index is 13.1. The smallest absolute Gasteiger partial charge is 0.339 e.